The maximum absolute atomic E-state index is 12.9. The van der Waals surface area contributed by atoms with Gasteiger partial charge in [0.2, 0.25) is 0 Å². The third kappa shape index (κ3) is 4.68. The van der Waals surface area contributed by atoms with Crippen molar-refractivity contribution in [3.8, 4) is 0 Å². The van der Waals surface area contributed by atoms with Gasteiger partial charge in [-0.1, -0.05) is 0 Å². The molecule has 2 nitrogen and oxygen atoms in total. The molecule has 0 aromatic heterocycles. The zero-order chi connectivity index (χ0) is 12.8. The largest absolute Gasteiger partial charge is 0.350 e. The minimum Gasteiger partial charge on any atom is -0.350 e. The van der Waals surface area contributed by atoms with E-state index in [1.807, 2.05) is 13.2 Å². The fourth-order valence-corrected chi connectivity index (χ4v) is 2.46. The summed E-state index contributed by atoms with van der Waals surface area (Å²) < 4.78 is 13.4. The summed E-state index contributed by atoms with van der Waals surface area (Å²) in [6.07, 6.45) is 2.96. The molecule has 0 bridgehead atoms. The summed E-state index contributed by atoms with van der Waals surface area (Å²) in [6, 6.07) is 4.18. The van der Waals surface area contributed by atoms with Crippen LogP contribution in [0.25, 0.3) is 0 Å². The Morgan fingerprint density at radius 1 is 1.59 bits per heavy atom. The molecule has 1 N–H and O–H groups in total. The molecule has 0 saturated carbocycles. The van der Waals surface area contributed by atoms with Gasteiger partial charge in [0.1, 0.15) is 5.82 Å². The van der Waals surface area contributed by atoms with Gasteiger partial charge in [-0.3, -0.25) is 4.79 Å². The van der Waals surface area contributed by atoms with Crippen LogP contribution in [0.4, 0.5) is 4.39 Å². The van der Waals surface area contributed by atoms with Gasteiger partial charge >= 0.3 is 0 Å². The van der Waals surface area contributed by atoms with E-state index in [9.17, 15) is 9.18 Å². The standard InChI is InChI=1S/C12H15BrFNOS/c1-8(5-6-17-2)15-12(16)10-4-3-9(14)7-11(10)13/h3-4,7-8H,5-6H2,1-2H3,(H,15,16). The summed E-state index contributed by atoms with van der Waals surface area (Å²) in [6.45, 7) is 1.96. The summed E-state index contributed by atoms with van der Waals surface area (Å²) in [5.41, 5.74) is 0.461. The Morgan fingerprint density at radius 3 is 2.88 bits per heavy atom. The monoisotopic (exact) mass is 319 g/mol. The predicted molar refractivity (Wildman–Crippen MR) is 74.0 cm³/mol. The molecule has 5 heteroatoms. The van der Waals surface area contributed by atoms with Crippen molar-refractivity contribution in [1.82, 2.24) is 5.32 Å². The molecule has 0 fully saturated rings. The number of carbonyl (C=O) groups excluding carboxylic acids is 1. The molecule has 94 valence electrons. The molecule has 1 unspecified atom stereocenters. The van der Waals surface area contributed by atoms with Gasteiger partial charge in [-0.05, 0) is 59.5 Å². The first-order valence-corrected chi connectivity index (χ1v) is 7.48. The van der Waals surface area contributed by atoms with Gasteiger partial charge in [0.15, 0.2) is 0 Å². The molecule has 1 rings (SSSR count). The van der Waals surface area contributed by atoms with E-state index in [0.29, 0.717) is 10.0 Å². The van der Waals surface area contributed by atoms with E-state index in [-0.39, 0.29) is 17.8 Å². The van der Waals surface area contributed by atoms with Crippen molar-refractivity contribution in [2.45, 2.75) is 19.4 Å². The molecule has 0 heterocycles. The maximum Gasteiger partial charge on any atom is 0.252 e. The topological polar surface area (TPSA) is 29.1 Å². The van der Waals surface area contributed by atoms with E-state index in [1.54, 1.807) is 11.8 Å². The molecule has 0 aliphatic carbocycles. The van der Waals surface area contributed by atoms with Gasteiger partial charge in [0.25, 0.3) is 5.91 Å². The van der Waals surface area contributed by atoms with E-state index in [0.717, 1.165) is 12.2 Å². The Bertz CT molecular complexity index is 400. The molecule has 0 radical (unpaired) electrons. The highest BCUT2D eigenvalue weighted by atomic mass is 79.9. The molecule has 0 saturated heterocycles. The zero-order valence-electron chi connectivity index (χ0n) is 9.80. The normalized spacial score (nSPS) is 12.2. The molecule has 0 aliphatic heterocycles. The maximum atomic E-state index is 12.9. The number of amides is 1. The Balaban J connectivity index is 2.63. The molecule has 1 atom stereocenters. The molecular weight excluding hydrogens is 305 g/mol. The van der Waals surface area contributed by atoms with Crippen LogP contribution in [-0.2, 0) is 0 Å². The average Bonchev–Trinajstić information content (AvgIpc) is 2.26. The average molecular weight is 320 g/mol. The lowest BCUT2D eigenvalue weighted by Gasteiger charge is -2.13. The third-order valence-corrected chi connectivity index (χ3v) is 3.61. The summed E-state index contributed by atoms with van der Waals surface area (Å²) in [5.74, 6) is 0.473. The molecule has 0 aliphatic rings. The second-order valence-electron chi connectivity index (χ2n) is 3.78. The molecular formula is C12H15BrFNOS. The van der Waals surface area contributed by atoms with Crippen LogP contribution in [0.3, 0.4) is 0 Å². The van der Waals surface area contributed by atoms with Crippen molar-refractivity contribution in [3.05, 3.63) is 34.1 Å². The van der Waals surface area contributed by atoms with Crippen molar-refractivity contribution in [2.75, 3.05) is 12.0 Å². The van der Waals surface area contributed by atoms with Crippen LogP contribution in [0.1, 0.15) is 23.7 Å². The predicted octanol–water partition coefficient (Wildman–Crippen LogP) is 3.46. The number of hydrogen-bond donors (Lipinski definition) is 1. The number of rotatable bonds is 5. The van der Waals surface area contributed by atoms with Gasteiger partial charge in [-0.2, -0.15) is 11.8 Å². The minimum atomic E-state index is -0.358. The Morgan fingerprint density at radius 2 is 2.29 bits per heavy atom. The highest BCUT2D eigenvalue weighted by Gasteiger charge is 2.12. The third-order valence-electron chi connectivity index (χ3n) is 2.31. The molecule has 1 amide bonds. The van der Waals surface area contributed by atoms with Crippen molar-refractivity contribution in [2.24, 2.45) is 0 Å². The van der Waals surface area contributed by atoms with E-state index in [2.05, 4.69) is 21.2 Å². The first-order valence-electron chi connectivity index (χ1n) is 5.29. The summed E-state index contributed by atoms with van der Waals surface area (Å²) >= 11 is 4.93. The zero-order valence-corrected chi connectivity index (χ0v) is 12.2. The molecule has 17 heavy (non-hydrogen) atoms. The number of benzene rings is 1. The Hall–Kier alpha value is -0.550. The van der Waals surface area contributed by atoms with E-state index < -0.39 is 0 Å². The first kappa shape index (κ1) is 14.5. The molecule has 1 aromatic carbocycles. The van der Waals surface area contributed by atoms with E-state index in [4.69, 9.17) is 0 Å². The first-order chi connectivity index (χ1) is 8.04. The summed E-state index contributed by atoms with van der Waals surface area (Å²) in [5, 5.41) is 2.89. The van der Waals surface area contributed by atoms with Crippen LogP contribution < -0.4 is 5.32 Å². The number of carbonyl (C=O) groups is 1. The second-order valence-corrected chi connectivity index (χ2v) is 5.62. The van der Waals surface area contributed by atoms with Crippen LogP contribution in [-0.4, -0.2) is 24.0 Å². The SMILES string of the molecule is CSCCC(C)NC(=O)c1ccc(F)cc1Br. The van der Waals surface area contributed by atoms with Crippen molar-refractivity contribution < 1.29 is 9.18 Å². The second kappa shape index (κ2) is 7.01. The Labute approximate surface area is 113 Å². The number of hydrogen-bond acceptors (Lipinski definition) is 2. The van der Waals surface area contributed by atoms with E-state index in [1.165, 1.54) is 18.2 Å². The van der Waals surface area contributed by atoms with Crippen molar-refractivity contribution in [3.63, 3.8) is 0 Å². The van der Waals surface area contributed by atoms with Crippen molar-refractivity contribution in [1.29, 1.82) is 0 Å². The fraction of sp³-hybridized carbons (Fsp3) is 0.417. The highest BCUT2D eigenvalue weighted by molar-refractivity contribution is 9.10. The van der Waals surface area contributed by atoms with Crippen LogP contribution in [0, 0.1) is 5.82 Å². The van der Waals surface area contributed by atoms with E-state index >= 15 is 0 Å². The molecule has 1 aromatic rings. The summed E-state index contributed by atoms with van der Waals surface area (Å²) in [7, 11) is 0. The number of nitrogens with one attached hydrogen (secondary N) is 1. The van der Waals surface area contributed by atoms with Crippen LogP contribution in [0.15, 0.2) is 22.7 Å². The minimum absolute atomic E-state index is 0.118. The lowest BCUT2D eigenvalue weighted by molar-refractivity contribution is 0.0938. The lowest BCUT2D eigenvalue weighted by Crippen LogP contribution is -2.33. The quantitative estimate of drug-likeness (QED) is 0.900. The fourth-order valence-electron chi connectivity index (χ4n) is 1.34. The Kier molecular flexibility index (Phi) is 5.98. The van der Waals surface area contributed by atoms with Gasteiger partial charge < -0.3 is 5.32 Å². The lowest BCUT2D eigenvalue weighted by atomic mass is 10.2. The van der Waals surface area contributed by atoms with Gasteiger partial charge in [-0.25, -0.2) is 4.39 Å². The van der Waals surface area contributed by atoms with Gasteiger partial charge in [0.05, 0.1) is 5.56 Å². The molecule has 0 spiro atoms. The summed E-state index contributed by atoms with van der Waals surface area (Å²) in [4.78, 5) is 11.9. The van der Waals surface area contributed by atoms with Gasteiger partial charge in [-0.15, -0.1) is 0 Å². The van der Waals surface area contributed by atoms with Crippen molar-refractivity contribution >= 4 is 33.6 Å². The number of halogens is 2. The van der Waals surface area contributed by atoms with Crippen LogP contribution >= 0.6 is 27.7 Å². The van der Waals surface area contributed by atoms with Crippen LogP contribution in [0.2, 0.25) is 0 Å². The van der Waals surface area contributed by atoms with Crippen LogP contribution in [0.5, 0.6) is 0 Å². The number of thioether (sulfide) groups is 1. The van der Waals surface area contributed by atoms with Gasteiger partial charge in [0, 0.05) is 10.5 Å². The highest BCUT2D eigenvalue weighted by Crippen LogP contribution is 2.18. The smallest absolute Gasteiger partial charge is 0.252 e.